The first-order valence-electron chi connectivity index (χ1n) is 21.5. The second-order valence-electron chi connectivity index (χ2n) is 16.9. The minimum Gasteiger partial charge on any atom is -0.504 e. The fourth-order valence-electron chi connectivity index (χ4n) is 9.02. The molecule has 0 radical (unpaired) electrons. The fraction of sp³-hybridized carbons (Fsp3) is 0.689. The normalized spacial score (nSPS) is 24.2. The Balaban J connectivity index is 1.02. The van der Waals surface area contributed by atoms with Crippen molar-refractivity contribution in [3.05, 3.63) is 59.2 Å². The monoisotopic (exact) mass is 780 g/mol. The van der Waals surface area contributed by atoms with Crippen LogP contribution in [-0.2, 0) is 16.0 Å². The number of phenolic OH excluding ortho intramolecular Hbond substituents is 1. The molecule has 56 heavy (non-hydrogen) atoms. The lowest BCUT2D eigenvalue weighted by molar-refractivity contribution is -0.117. The molecule has 0 saturated heterocycles. The van der Waals surface area contributed by atoms with Gasteiger partial charge in [-0.25, -0.2) is 0 Å². The minimum absolute atomic E-state index is 0.0120. The molecule has 2 aliphatic heterocycles. The van der Waals surface area contributed by atoms with Crippen LogP contribution in [0.15, 0.2) is 46.5 Å². The predicted molar refractivity (Wildman–Crippen MR) is 219 cm³/mol. The topological polar surface area (TPSA) is 187 Å². The Kier molecular flexibility index (Phi) is 17.6. The van der Waals surface area contributed by atoms with E-state index in [0.29, 0.717) is 68.2 Å². The van der Waals surface area contributed by atoms with Gasteiger partial charge < -0.3 is 50.9 Å². The van der Waals surface area contributed by atoms with Gasteiger partial charge in [0.05, 0.1) is 24.2 Å². The fourth-order valence-corrected chi connectivity index (χ4v) is 9.02. The molecular weight excluding hydrogens is 711 g/mol. The lowest BCUT2D eigenvalue weighted by Gasteiger charge is -2.24. The number of unbranched alkanes of at least 4 members (excludes halogenated alkanes) is 3. The summed E-state index contributed by atoms with van der Waals surface area (Å²) in [5, 5.41) is 55.2. The number of carbonyl (C=O) groups is 1. The summed E-state index contributed by atoms with van der Waals surface area (Å²) >= 11 is 0. The molecule has 1 aromatic carbocycles. The number of nitrogens with zero attached hydrogens (tertiary/aromatic N) is 1. The Morgan fingerprint density at radius 1 is 1.11 bits per heavy atom. The van der Waals surface area contributed by atoms with Crippen molar-refractivity contribution in [2.24, 2.45) is 28.5 Å². The highest BCUT2D eigenvalue weighted by atomic mass is 16.5. The van der Waals surface area contributed by atoms with E-state index in [9.17, 15) is 30.3 Å². The van der Waals surface area contributed by atoms with Crippen LogP contribution in [0.5, 0.6) is 11.5 Å². The smallest absolute Gasteiger partial charge is 0.189 e. The van der Waals surface area contributed by atoms with Crippen LogP contribution in [0, 0.1) is 29.9 Å². The van der Waals surface area contributed by atoms with Crippen molar-refractivity contribution < 1.29 is 39.8 Å². The van der Waals surface area contributed by atoms with Crippen LogP contribution in [-0.4, -0.2) is 93.8 Å². The number of hydrogen-bond acceptors (Lipinski definition) is 11. The van der Waals surface area contributed by atoms with Crippen molar-refractivity contribution >= 4 is 11.5 Å². The highest BCUT2D eigenvalue weighted by molar-refractivity contribution is 6.04. The zero-order valence-electron chi connectivity index (χ0n) is 33.8. The highest BCUT2D eigenvalue weighted by Crippen LogP contribution is 2.47. The van der Waals surface area contributed by atoms with E-state index in [1.807, 2.05) is 18.2 Å². The molecular formula is C45H69N3O8. The first kappa shape index (κ1) is 44.2. The van der Waals surface area contributed by atoms with Crippen molar-refractivity contribution in [3.63, 3.8) is 0 Å². The van der Waals surface area contributed by atoms with E-state index in [1.54, 1.807) is 19.9 Å². The molecule has 0 amide bonds. The van der Waals surface area contributed by atoms with Gasteiger partial charge >= 0.3 is 0 Å². The van der Waals surface area contributed by atoms with Gasteiger partial charge in [-0.05, 0) is 94.7 Å². The van der Waals surface area contributed by atoms with E-state index in [1.165, 1.54) is 24.8 Å². The summed E-state index contributed by atoms with van der Waals surface area (Å²) < 4.78 is 12.3. The van der Waals surface area contributed by atoms with Crippen LogP contribution in [0.25, 0.3) is 0 Å². The second kappa shape index (κ2) is 22.3. The van der Waals surface area contributed by atoms with E-state index >= 15 is 0 Å². The van der Waals surface area contributed by atoms with Crippen molar-refractivity contribution in [3.8, 4) is 11.5 Å². The lowest BCUT2D eigenvalue weighted by Crippen LogP contribution is -2.34. The summed E-state index contributed by atoms with van der Waals surface area (Å²) in [6.07, 6.45) is 18.2. The van der Waals surface area contributed by atoms with Gasteiger partial charge in [0.15, 0.2) is 29.4 Å². The third-order valence-electron chi connectivity index (χ3n) is 12.2. The van der Waals surface area contributed by atoms with Gasteiger partial charge in [-0.1, -0.05) is 57.1 Å². The molecule has 0 aromatic heterocycles. The standard InChI is InChI=1S/C45H69N3O8/c1-29(50)12-17-35(52)18-16-34(46)9-5-3-4-6-11-44-33(27-49)23-36(56-44)19-13-31-14-21-42(53)45(22-31)55-28-43(54)41-24-38-39(26-47-25-30(2)51)37-10-7-8-32(37)15-20-40(38)48-41/h14,21-24,30,32,34-35,37,39,43-44,47,49,51-54H,3-13,15-20,25-28,46H2,1-2H3. The Bertz CT molecular complexity index is 1480. The van der Waals surface area contributed by atoms with Crippen molar-refractivity contribution in [1.82, 2.24) is 5.32 Å². The number of ketones is 1. The number of aliphatic hydroxyl groups excluding tert-OH is 4. The summed E-state index contributed by atoms with van der Waals surface area (Å²) in [5.41, 5.74) is 10.4. The Hall–Kier alpha value is -2.90. The Labute approximate surface area is 334 Å². The average molecular weight is 780 g/mol. The minimum atomic E-state index is -0.940. The third kappa shape index (κ3) is 13.3. The Morgan fingerprint density at radius 3 is 2.71 bits per heavy atom. The number of aryl methyl sites for hydroxylation is 1. The molecule has 1 aromatic rings. The van der Waals surface area contributed by atoms with E-state index in [4.69, 9.17) is 20.2 Å². The van der Waals surface area contributed by atoms with Crippen LogP contribution in [0.1, 0.15) is 122 Å². The number of benzene rings is 1. The number of rotatable bonds is 25. The summed E-state index contributed by atoms with van der Waals surface area (Å²) in [6, 6.07) is 5.96. The average Bonchev–Trinajstić information content (AvgIpc) is 3.91. The summed E-state index contributed by atoms with van der Waals surface area (Å²) in [6.45, 7) is 4.61. The quantitative estimate of drug-likeness (QED) is 0.0472. The van der Waals surface area contributed by atoms with Crippen molar-refractivity contribution in [1.29, 1.82) is 0 Å². The summed E-state index contributed by atoms with van der Waals surface area (Å²) in [7, 11) is 0. The number of aromatic hydroxyl groups is 1. The number of fused-ring (bicyclic) bond motifs is 2. The lowest BCUT2D eigenvalue weighted by atomic mass is 9.80. The summed E-state index contributed by atoms with van der Waals surface area (Å²) in [4.78, 5) is 16.0. The van der Waals surface area contributed by atoms with E-state index in [2.05, 4.69) is 11.4 Å². The van der Waals surface area contributed by atoms with E-state index in [0.717, 1.165) is 87.3 Å². The van der Waals surface area contributed by atoms with Gasteiger partial charge in [0, 0.05) is 44.7 Å². The maximum absolute atomic E-state index is 11.2. The van der Waals surface area contributed by atoms with Crippen LogP contribution in [0.2, 0.25) is 0 Å². The third-order valence-corrected chi connectivity index (χ3v) is 12.2. The molecule has 2 fully saturated rings. The zero-order valence-corrected chi connectivity index (χ0v) is 33.8. The van der Waals surface area contributed by atoms with Gasteiger partial charge in [0.25, 0.3) is 0 Å². The Morgan fingerprint density at radius 2 is 1.93 bits per heavy atom. The maximum atomic E-state index is 11.2. The molecule has 312 valence electrons. The van der Waals surface area contributed by atoms with Gasteiger partial charge in [0.1, 0.15) is 18.0 Å². The van der Waals surface area contributed by atoms with Gasteiger partial charge in [-0.3, -0.25) is 0 Å². The number of carbonyl (C=O) groups excluding carboxylic acids is 1. The van der Waals surface area contributed by atoms with Gasteiger partial charge in [-0.15, -0.1) is 4.99 Å². The molecule has 11 heteroatoms. The number of ether oxygens (including phenoxy) is 2. The number of aliphatic hydroxyl groups is 4. The predicted octanol–water partition coefficient (Wildman–Crippen LogP) is 5.80. The first-order valence-corrected chi connectivity index (χ1v) is 21.5. The molecule has 4 aliphatic rings. The van der Waals surface area contributed by atoms with Crippen LogP contribution in [0.4, 0.5) is 0 Å². The number of Topliss-reactive ketones (excluding diaryl/α,β-unsaturated/α-hetero) is 1. The number of nitrogens with two attached hydrogens (primary N) is 1. The number of nitrogens with one attached hydrogen (secondary N) is 1. The second-order valence-corrected chi connectivity index (χ2v) is 16.9. The largest absolute Gasteiger partial charge is 0.504 e. The molecule has 0 spiro atoms. The van der Waals surface area contributed by atoms with Gasteiger partial charge in [-0.2, -0.15) is 11.6 Å². The molecule has 8 atom stereocenters. The van der Waals surface area contributed by atoms with Crippen molar-refractivity contribution in [2.45, 2.75) is 153 Å². The number of aliphatic imine (C=N–C) groups is 1. The summed E-state index contributed by atoms with van der Waals surface area (Å²) in [5.74, 6) is 2.02. The van der Waals surface area contributed by atoms with E-state index < -0.39 is 18.3 Å². The van der Waals surface area contributed by atoms with Crippen molar-refractivity contribution in [2.75, 3.05) is 26.3 Å². The molecule has 8 N–H and O–H groups in total. The number of hydrogen-bond donors (Lipinski definition) is 7. The highest BCUT2D eigenvalue weighted by Gasteiger charge is 2.47. The molecule has 11 nitrogen and oxygen atoms in total. The molecule has 5 rings (SSSR count). The molecule has 2 saturated carbocycles. The van der Waals surface area contributed by atoms with E-state index in [-0.39, 0.29) is 36.9 Å². The molecule has 8 unspecified atom stereocenters. The van der Waals surface area contributed by atoms with Crippen LogP contribution >= 0.6 is 0 Å². The van der Waals surface area contributed by atoms with Crippen LogP contribution in [0.3, 0.4) is 0 Å². The van der Waals surface area contributed by atoms with Gasteiger partial charge in [0.2, 0.25) is 0 Å². The zero-order chi connectivity index (χ0) is 40.0. The first-order chi connectivity index (χ1) is 27.0. The maximum Gasteiger partial charge on any atom is 0.189 e. The molecule has 2 aliphatic carbocycles. The van der Waals surface area contributed by atoms with Crippen LogP contribution < -0.4 is 15.8 Å². The molecule has 0 bridgehead atoms. The number of phenols is 1. The SMILES string of the molecule is CC(=O)CCC(O)CCC(N)CCCCCCC1O[C-](CCc2ccc(O)c(OCC(O)[C+]3C=C4C(=N3)CCC3CCCC3C4CNCC(C)O)c2)C=C1CO. The molecule has 2 heterocycles.